The van der Waals surface area contributed by atoms with Gasteiger partial charge in [-0.2, -0.15) is 0 Å². The molecule has 0 saturated heterocycles. The molecular weight excluding hydrogens is 197 g/mol. The van der Waals surface area contributed by atoms with E-state index in [0.29, 0.717) is 12.8 Å². The number of carbonyl (C=O) groups is 1. The van der Waals surface area contributed by atoms with Crippen LogP contribution < -0.4 is 5.32 Å². The minimum absolute atomic E-state index is 0.200. The molecule has 80 valence electrons. The lowest BCUT2D eigenvalue weighted by atomic mass is 9.97. The van der Waals surface area contributed by atoms with Crippen molar-refractivity contribution in [1.29, 1.82) is 0 Å². The van der Waals surface area contributed by atoms with Crippen molar-refractivity contribution in [1.82, 2.24) is 0 Å². The molecule has 1 aliphatic rings. The van der Waals surface area contributed by atoms with Crippen molar-refractivity contribution in [3.63, 3.8) is 0 Å². The monoisotopic (exact) mass is 209 g/mol. The van der Waals surface area contributed by atoms with E-state index in [0.717, 1.165) is 17.5 Å². The standard InChI is InChI=1S/C11H12FNO2/c12-10-3-7-1-2-9(6-15)13-11(7)4-8(10)5-14/h3-4,6,9,13-14H,1-2,5H2. The summed E-state index contributed by atoms with van der Waals surface area (Å²) >= 11 is 0. The van der Waals surface area contributed by atoms with Crippen molar-refractivity contribution < 1.29 is 14.3 Å². The minimum atomic E-state index is -0.386. The van der Waals surface area contributed by atoms with E-state index in [-0.39, 0.29) is 24.0 Å². The highest BCUT2D eigenvalue weighted by Gasteiger charge is 2.18. The molecule has 0 saturated carbocycles. The number of benzene rings is 1. The van der Waals surface area contributed by atoms with E-state index in [1.54, 1.807) is 6.07 Å². The molecule has 1 aromatic carbocycles. The Morgan fingerprint density at radius 3 is 3.07 bits per heavy atom. The summed E-state index contributed by atoms with van der Waals surface area (Å²) in [5.41, 5.74) is 1.87. The van der Waals surface area contributed by atoms with E-state index in [9.17, 15) is 9.18 Å². The molecule has 1 unspecified atom stereocenters. The van der Waals surface area contributed by atoms with E-state index in [1.807, 2.05) is 0 Å². The smallest absolute Gasteiger partial charge is 0.142 e. The molecule has 15 heavy (non-hydrogen) atoms. The van der Waals surface area contributed by atoms with Crippen molar-refractivity contribution in [2.45, 2.75) is 25.5 Å². The van der Waals surface area contributed by atoms with Gasteiger partial charge in [-0.3, -0.25) is 0 Å². The molecule has 0 aromatic heterocycles. The molecule has 1 atom stereocenters. The Hall–Kier alpha value is -1.42. The van der Waals surface area contributed by atoms with Gasteiger partial charge in [0.05, 0.1) is 12.6 Å². The van der Waals surface area contributed by atoms with Gasteiger partial charge in [0.2, 0.25) is 0 Å². The third kappa shape index (κ3) is 1.85. The Bertz CT molecular complexity index is 392. The van der Waals surface area contributed by atoms with Crippen LogP contribution in [0.1, 0.15) is 17.5 Å². The van der Waals surface area contributed by atoms with Crippen LogP contribution in [0.2, 0.25) is 0 Å². The molecule has 0 amide bonds. The highest BCUT2D eigenvalue weighted by Crippen LogP contribution is 2.27. The number of carbonyl (C=O) groups excluding carboxylic acids is 1. The average Bonchev–Trinajstić information content (AvgIpc) is 2.27. The number of hydrogen-bond donors (Lipinski definition) is 2. The van der Waals surface area contributed by atoms with Crippen LogP contribution >= 0.6 is 0 Å². The number of fused-ring (bicyclic) bond motifs is 1. The molecular formula is C11H12FNO2. The first-order valence-electron chi connectivity index (χ1n) is 4.88. The Kier molecular flexibility index (Phi) is 2.68. The fraction of sp³-hybridized carbons (Fsp3) is 0.364. The lowest BCUT2D eigenvalue weighted by Crippen LogP contribution is -2.26. The summed E-state index contributed by atoms with van der Waals surface area (Å²) in [6.45, 7) is -0.327. The maximum Gasteiger partial charge on any atom is 0.142 e. The molecule has 0 fully saturated rings. The van der Waals surface area contributed by atoms with Crippen molar-refractivity contribution in [3.8, 4) is 0 Å². The van der Waals surface area contributed by atoms with Crippen molar-refractivity contribution in [3.05, 3.63) is 29.1 Å². The number of halogens is 1. The van der Waals surface area contributed by atoms with Gasteiger partial charge < -0.3 is 15.2 Å². The Labute approximate surface area is 86.9 Å². The van der Waals surface area contributed by atoms with Gasteiger partial charge in [0, 0.05) is 11.3 Å². The molecule has 0 radical (unpaired) electrons. The zero-order chi connectivity index (χ0) is 10.8. The first kappa shape index (κ1) is 10.1. The van der Waals surface area contributed by atoms with Crippen LogP contribution in [0, 0.1) is 5.82 Å². The molecule has 0 spiro atoms. The molecule has 1 aromatic rings. The molecule has 2 rings (SSSR count). The summed E-state index contributed by atoms with van der Waals surface area (Å²) in [4.78, 5) is 10.6. The van der Waals surface area contributed by atoms with Gasteiger partial charge in [-0.1, -0.05) is 0 Å². The highest BCUT2D eigenvalue weighted by molar-refractivity contribution is 5.68. The normalized spacial score (nSPS) is 19.2. The second-order valence-electron chi connectivity index (χ2n) is 3.68. The molecule has 0 bridgehead atoms. The lowest BCUT2D eigenvalue weighted by Gasteiger charge is -2.23. The number of aliphatic hydroxyl groups is 1. The Morgan fingerprint density at radius 1 is 1.60 bits per heavy atom. The Morgan fingerprint density at radius 2 is 2.40 bits per heavy atom. The van der Waals surface area contributed by atoms with Crippen LogP contribution in [0.3, 0.4) is 0 Å². The van der Waals surface area contributed by atoms with Gasteiger partial charge in [-0.15, -0.1) is 0 Å². The summed E-state index contributed by atoms with van der Waals surface area (Å²) < 4.78 is 13.3. The van der Waals surface area contributed by atoms with E-state index in [2.05, 4.69) is 5.32 Å². The zero-order valence-corrected chi connectivity index (χ0v) is 8.16. The van der Waals surface area contributed by atoms with Gasteiger partial charge in [-0.05, 0) is 30.5 Å². The number of anilines is 1. The maximum absolute atomic E-state index is 13.3. The molecule has 1 heterocycles. The van der Waals surface area contributed by atoms with Crippen LogP contribution in [0.15, 0.2) is 12.1 Å². The van der Waals surface area contributed by atoms with Crippen LogP contribution in [-0.2, 0) is 17.8 Å². The van der Waals surface area contributed by atoms with Crippen LogP contribution in [0.4, 0.5) is 10.1 Å². The predicted octanol–water partition coefficient (Wildman–Crippen LogP) is 1.24. The van der Waals surface area contributed by atoms with Crippen molar-refractivity contribution in [2.24, 2.45) is 0 Å². The molecule has 2 N–H and O–H groups in total. The summed E-state index contributed by atoms with van der Waals surface area (Å²) in [5, 5.41) is 11.9. The van der Waals surface area contributed by atoms with Gasteiger partial charge in [-0.25, -0.2) is 4.39 Å². The first-order chi connectivity index (χ1) is 7.24. The van der Waals surface area contributed by atoms with Gasteiger partial charge >= 0.3 is 0 Å². The van der Waals surface area contributed by atoms with Gasteiger partial charge in [0.15, 0.2) is 0 Å². The summed E-state index contributed by atoms with van der Waals surface area (Å²) in [6.07, 6.45) is 2.23. The average molecular weight is 209 g/mol. The summed E-state index contributed by atoms with van der Waals surface area (Å²) in [7, 11) is 0. The molecule has 4 heteroatoms. The number of rotatable bonds is 2. The number of aryl methyl sites for hydroxylation is 1. The second-order valence-corrected chi connectivity index (χ2v) is 3.68. The van der Waals surface area contributed by atoms with Gasteiger partial charge in [0.1, 0.15) is 12.1 Å². The van der Waals surface area contributed by atoms with Gasteiger partial charge in [0.25, 0.3) is 0 Å². The summed E-state index contributed by atoms with van der Waals surface area (Å²) in [5.74, 6) is -0.386. The predicted molar refractivity (Wildman–Crippen MR) is 54.1 cm³/mol. The largest absolute Gasteiger partial charge is 0.392 e. The Balaban J connectivity index is 2.37. The number of aliphatic hydroxyl groups excluding tert-OH is 1. The SMILES string of the molecule is O=CC1CCc2cc(F)c(CO)cc2N1. The number of nitrogens with one attached hydrogen (secondary N) is 1. The highest BCUT2D eigenvalue weighted by atomic mass is 19.1. The van der Waals surface area contributed by atoms with Crippen LogP contribution in [-0.4, -0.2) is 17.4 Å². The fourth-order valence-electron chi connectivity index (χ4n) is 1.81. The third-order valence-corrected chi connectivity index (χ3v) is 2.67. The maximum atomic E-state index is 13.3. The molecule has 3 nitrogen and oxygen atoms in total. The molecule has 0 aliphatic carbocycles. The van der Waals surface area contributed by atoms with Crippen molar-refractivity contribution >= 4 is 12.0 Å². The number of hydrogen-bond acceptors (Lipinski definition) is 3. The molecule has 1 aliphatic heterocycles. The van der Waals surface area contributed by atoms with E-state index in [4.69, 9.17) is 5.11 Å². The number of aldehydes is 1. The topological polar surface area (TPSA) is 49.3 Å². The van der Waals surface area contributed by atoms with E-state index >= 15 is 0 Å². The second kappa shape index (κ2) is 3.98. The quantitative estimate of drug-likeness (QED) is 0.720. The van der Waals surface area contributed by atoms with E-state index < -0.39 is 0 Å². The fourth-order valence-corrected chi connectivity index (χ4v) is 1.81. The van der Waals surface area contributed by atoms with Crippen LogP contribution in [0.25, 0.3) is 0 Å². The van der Waals surface area contributed by atoms with E-state index in [1.165, 1.54) is 6.07 Å². The third-order valence-electron chi connectivity index (χ3n) is 2.67. The van der Waals surface area contributed by atoms with Crippen LogP contribution in [0.5, 0.6) is 0 Å². The van der Waals surface area contributed by atoms with Crippen molar-refractivity contribution in [2.75, 3.05) is 5.32 Å². The summed E-state index contributed by atoms with van der Waals surface area (Å²) in [6, 6.07) is 2.80. The lowest BCUT2D eigenvalue weighted by molar-refractivity contribution is -0.108. The minimum Gasteiger partial charge on any atom is -0.392 e. The zero-order valence-electron chi connectivity index (χ0n) is 8.16. The first-order valence-corrected chi connectivity index (χ1v) is 4.88.